The molecule has 9 nitrogen and oxygen atoms in total. The van der Waals surface area contributed by atoms with E-state index in [0.29, 0.717) is 51.3 Å². The first kappa shape index (κ1) is 25.2. The van der Waals surface area contributed by atoms with E-state index in [9.17, 15) is 14.7 Å². The molecule has 2 aromatic rings. The minimum absolute atomic E-state index is 0.000922. The van der Waals surface area contributed by atoms with Crippen LogP contribution in [0.1, 0.15) is 54.5 Å². The predicted molar refractivity (Wildman–Crippen MR) is 130 cm³/mol. The Kier molecular flexibility index (Phi) is 7.47. The summed E-state index contributed by atoms with van der Waals surface area (Å²) < 4.78 is 13.6. The van der Waals surface area contributed by atoms with Crippen molar-refractivity contribution in [3.8, 4) is 0 Å². The first-order valence-corrected chi connectivity index (χ1v) is 12.2. The van der Waals surface area contributed by atoms with Crippen molar-refractivity contribution in [3.05, 3.63) is 52.8 Å². The maximum atomic E-state index is 13.4. The van der Waals surface area contributed by atoms with Crippen LogP contribution >= 0.6 is 0 Å². The van der Waals surface area contributed by atoms with Gasteiger partial charge in [0, 0.05) is 51.2 Å². The average molecular weight is 485 g/mol. The normalized spacial score (nSPS) is 19.1. The number of aliphatic hydroxyl groups is 1. The van der Waals surface area contributed by atoms with E-state index in [-0.39, 0.29) is 30.6 Å². The molecule has 0 spiro atoms. The van der Waals surface area contributed by atoms with E-state index in [1.165, 1.54) is 0 Å². The maximum absolute atomic E-state index is 13.4. The van der Waals surface area contributed by atoms with Crippen LogP contribution in [0.15, 0.2) is 30.3 Å². The molecule has 2 unspecified atom stereocenters. The second kappa shape index (κ2) is 10.4. The summed E-state index contributed by atoms with van der Waals surface area (Å²) in [6, 6.07) is 9.92. The van der Waals surface area contributed by atoms with Crippen LogP contribution in [-0.4, -0.2) is 75.1 Å². The van der Waals surface area contributed by atoms with Crippen LogP contribution in [-0.2, 0) is 35.6 Å². The summed E-state index contributed by atoms with van der Waals surface area (Å²) >= 11 is 0. The van der Waals surface area contributed by atoms with Crippen molar-refractivity contribution in [2.24, 2.45) is 5.92 Å². The predicted octanol–water partition coefficient (Wildman–Crippen LogP) is 2.85. The summed E-state index contributed by atoms with van der Waals surface area (Å²) in [5.41, 5.74) is 2.66. The first-order chi connectivity index (χ1) is 16.7. The highest BCUT2D eigenvalue weighted by molar-refractivity contribution is 5.94. The number of carbonyl (C=O) groups excluding carboxylic acids is 2. The second-order valence-electron chi connectivity index (χ2n) is 10.4. The number of rotatable bonds is 6. The summed E-state index contributed by atoms with van der Waals surface area (Å²) in [7, 11) is 1.78. The van der Waals surface area contributed by atoms with Crippen molar-refractivity contribution >= 4 is 12.0 Å². The highest BCUT2D eigenvalue weighted by atomic mass is 16.6. The van der Waals surface area contributed by atoms with Crippen LogP contribution < -0.4 is 0 Å². The van der Waals surface area contributed by atoms with Gasteiger partial charge in [-0.2, -0.15) is 5.10 Å². The summed E-state index contributed by atoms with van der Waals surface area (Å²) in [5, 5.41) is 14.5. The fraction of sp³-hybridized carbons (Fsp3) is 0.577. The lowest BCUT2D eigenvalue weighted by atomic mass is 9.99. The van der Waals surface area contributed by atoms with Gasteiger partial charge in [-0.05, 0) is 32.8 Å². The van der Waals surface area contributed by atoms with E-state index >= 15 is 0 Å². The van der Waals surface area contributed by atoms with Crippen molar-refractivity contribution in [1.29, 1.82) is 0 Å². The van der Waals surface area contributed by atoms with Crippen molar-refractivity contribution in [3.63, 3.8) is 0 Å². The monoisotopic (exact) mass is 484 g/mol. The molecule has 1 N–H and O–H groups in total. The fourth-order valence-corrected chi connectivity index (χ4v) is 4.77. The molecular weight excluding hydrogens is 448 g/mol. The Balaban J connectivity index is 1.55. The highest BCUT2D eigenvalue weighted by Crippen LogP contribution is 2.29. The van der Waals surface area contributed by atoms with E-state index in [4.69, 9.17) is 14.6 Å². The topological polar surface area (TPSA) is 97.1 Å². The minimum atomic E-state index is -0.585. The molecule has 9 heteroatoms. The number of amides is 2. The van der Waals surface area contributed by atoms with Crippen molar-refractivity contribution in [1.82, 2.24) is 19.6 Å². The van der Waals surface area contributed by atoms with Gasteiger partial charge < -0.3 is 24.4 Å². The molecule has 0 saturated heterocycles. The molecule has 0 fully saturated rings. The zero-order chi connectivity index (χ0) is 25.2. The van der Waals surface area contributed by atoms with Crippen molar-refractivity contribution in [2.45, 2.75) is 65.0 Å². The minimum Gasteiger partial charge on any atom is -0.444 e. The lowest BCUT2D eigenvalue weighted by molar-refractivity contribution is -0.0234. The molecule has 3 heterocycles. The molecule has 2 aliphatic rings. The number of benzene rings is 1. The highest BCUT2D eigenvalue weighted by Gasteiger charge is 2.37. The van der Waals surface area contributed by atoms with Crippen LogP contribution in [0.4, 0.5) is 4.79 Å². The van der Waals surface area contributed by atoms with Gasteiger partial charge in [0.25, 0.3) is 5.91 Å². The zero-order valence-electron chi connectivity index (χ0n) is 21.1. The third kappa shape index (κ3) is 5.85. The zero-order valence-corrected chi connectivity index (χ0v) is 21.1. The Morgan fingerprint density at radius 1 is 1.23 bits per heavy atom. The van der Waals surface area contributed by atoms with Gasteiger partial charge in [0.05, 0.1) is 24.9 Å². The Bertz CT molecular complexity index is 1050. The van der Waals surface area contributed by atoms with E-state index in [1.54, 1.807) is 21.5 Å². The molecule has 0 aliphatic carbocycles. The molecule has 1 aromatic heterocycles. The second-order valence-corrected chi connectivity index (χ2v) is 10.4. The van der Waals surface area contributed by atoms with Gasteiger partial charge in [0.15, 0.2) is 0 Å². The largest absolute Gasteiger partial charge is 0.444 e. The number of ether oxygens (including phenoxy) is 2. The average Bonchev–Trinajstić information content (AvgIpc) is 3.11. The Morgan fingerprint density at radius 2 is 1.97 bits per heavy atom. The molecule has 0 radical (unpaired) electrons. The lowest BCUT2D eigenvalue weighted by Gasteiger charge is -2.30. The number of aliphatic hydroxyl groups excluding tert-OH is 1. The Labute approximate surface area is 206 Å². The van der Waals surface area contributed by atoms with Crippen LogP contribution in [0.3, 0.4) is 0 Å². The molecule has 2 amide bonds. The summed E-state index contributed by atoms with van der Waals surface area (Å²) in [5.74, 6) is -0.150. The number of hydrogen-bond donors (Lipinski definition) is 1. The number of carbonyl (C=O) groups is 2. The van der Waals surface area contributed by atoms with Crippen molar-refractivity contribution in [2.75, 3.05) is 26.7 Å². The fourth-order valence-electron chi connectivity index (χ4n) is 4.77. The molecule has 0 saturated carbocycles. The molecular formula is C26H36N4O5. The number of aromatic nitrogens is 2. The SMILES string of the molecule is CN1CC(C(CCO)OCc2ccccc2)Cn2nc3c(c2C1=O)CN(C(=O)OC(C)(C)C)CC3. The van der Waals surface area contributed by atoms with Crippen LogP contribution in [0.25, 0.3) is 0 Å². The quantitative estimate of drug-likeness (QED) is 0.677. The molecule has 4 rings (SSSR count). The van der Waals surface area contributed by atoms with Gasteiger partial charge in [-0.1, -0.05) is 30.3 Å². The van der Waals surface area contributed by atoms with E-state index in [1.807, 2.05) is 51.1 Å². The Hall–Kier alpha value is -2.91. The maximum Gasteiger partial charge on any atom is 0.410 e. The number of fused-ring (bicyclic) bond motifs is 3. The van der Waals surface area contributed by atoms with Crippen LogP contribution in [0, 0.1) is 5.92 Å². The van der Waals surface area contributed by atoms with Gasteiger partial charge in [0.1, 0.15) is 11.3 Å². The first-order valence-electron chi connectivity index (χ1n) is 12.2. The summed E-state index contributed by atoms with van der Waals surface area (Å²) in [6.45, 7) is 7.76. The molecule has 190 valence electrons. The summed E-state index contributed by atoms with van der Waals surface area (Å²) in [4.78, 5) is 29.4. The smallest absolute Gasteiger partial charge is 0.410 e. The number of hydrogen-bond acceptors (Lipinski definition) is 6. The van der Waals surface area contributed by atoms with Crippen LogP contribution in [0.5, 0.6) is 0 Å². The standard InChI is InChI=1S/C26H36N4O5/c1-26(2,3)35-25(33)29-12-10-21-20(16-29)23-24(32)28(4)14-19(15-30(23)27-21)22(11-13-31)34-17-18-8-6-5-7-9-18/h5-9,19,22,31H,10-17H2,1-4H3. The van der Waals surface area contributed by atoms with E-state index < -0.39 is 5.60 Å². The van der Waals surface area contributed by atoms with E-state index in [0.717, 1.165) is 16.8 Å². The summed E-state index contributed by atoms with van der Waals surface area (Å²) in [6.07, 6.45) is 0.428. The molecule has 35 heavy (non-hydrogen) atoms. The molecule has 0 bridgehead atoms. The molecule has 1 aromatic carbocycles. The van der Waals surface area contributed by atoms with Crippen molar-refractivity contribution < 1.29 is 24.2 Å². The number of nitrogens with zero attached hydrogens (tertiary/aromatic N) is 4. The van der Waals surface area contributed by atoms with Gasteiger partial charge >= 0.3 is 6.09 Å². The van der Waals surface area contributed by atoms with Gasteiger partial charge in [0.2, 0.25) is 0 Å². The lowest BCUT2D eigenvalue weighted by Crippen LogP contribution is -2.40. The molecule has 2 aliphatic heterocycles. The third-order valence-corrected chi connectivity index (χ3v) is 6.46. The Morgan fingerprint density at radius 3 is 2.66 bits per heavy atom. The van der Waals surface area contributed by atoms with Crippen LogP contribution in [0.2, 0.25) is 0 Å². The van der Waals surface area contributed by atoms with Gasteiger partial charge in [-0.3, -0.25) is 9.48 Å². The third-order valence-electron chi connectivity index (χ3n) is 6.46. The van der Waals surface area contributed by atoms with Gasteiger partial charge in [-0.15, -0.1) is 0 Å². The van der Waals surface area contributed by atoms with E-state index in [2.05, 4.69) is 0 Å². The molecule has 2 atom stereocenters. The van der Waals surface area contributed by atoms with Gasteiger partial charge in [-0.25, -0.2) is 4.79 Å².